The number of hydrogen-bond acceptors (Lipinski definition) is 4. The molecule has 27 heavy (non-hydrogen) atoms. The molecule has 1 fully saturated rings. The fourth-order valence-electron chi connectivity index (χ4n) is 3.66. The van der Waals surface area contributed by atoms with Gasteiger partial charge in [-0.25, -0.2) is 4.98 Å². The zero-order valence-electron chi connectivity index (χ0n) is 15.5. The van der Waals surface area contributed by atoms with Crippen LogP contribution in [-0.4, -0.2) is 24.0 Å². The van der Waals surface area contributed by atoms with Gasteiger partial charge >= 0.3 is 0 Å². The van der Waals surface area contributed by atoms with Gasteiger partial charge in [0.05, 0.1) is 0 Å². The van der Waals surface area contributed by atoms with Gasteiger partial charge in [-0.1, -0.05) is 17.7 Å². The second-order valence-corrected chi connectivity index (χ2v) is 8.76. The highest BCUT2D eigenvalue weighted by atomic mass is 35.5. The molecule has 1 aromatic carbocycles. The normalized spacial score (nSPS) is 15.3. The van der Waals surface area contributed by atoms with E-state index >= 15 is 0 Å². The number of halogens is 1. The predicted octanol–water partition coefficient (Wildman–Crippen LogP) is 5.42. The van der Waals surface area contributed by atoms with Gasteiger partial charge in [-0.15, -0.1) is 11.3 Å². The molecule has 4 nitrogen and oxygen atoms in total. The van der Waals surface area contributed by atoms with E-state index in [4.69, 9.17) is 11.6 Å². The van der Waals surface area contributed by atoms with Gasteiger partial charge in [-0.3, -0.25) is 4.79 Å². The number of nitrogens with zero attached hydrogens (tertiary/aromatic N) is 2. The summed E-state index contributed by atoms with van der Waals surface area (Å²) in [5.74, 6) is 1.14. The van der Waals surface area contributed by atoms with E-state index in [1.165, 1.54) is 15.0 Å². The van der Waals surface area contributed by atoms with E-state index in [9.17, 15) is 4.79 Å². The van der Waals surface area contributed by atoms with Crippen LogP contribution in [0.15, 0.2) is 36.5 Å². The first-order valence-corrected chi connectivity index (χ1v) is 10.4. The van der Waals surface area contributed by atoms with Crippen LogP contribution in [0.25, 0.3) is 10.1 Å². The van der Waals surface area contributed by atoms with Crippen LogP contribution in [0.3, 0.4) is 0 Å². The lowest BCUT2D eigenvalue weighted by atomic mass is 9.95. The summed E-state index contributed by atoms with van der Waals surface area (Å²) in [6, 6.07) is 9.89. The van der Waals surface area contributed by atoms with Crippen molar-refractivity contribution in [3.63, 3.8) is 0 Å². The lowest BCUT2D eigenvalue weighted by Crippen LogP contribution is -2.38. The summed E-state index contributed by atoms with van der Waals surface area (Å²) in [6.07, 6.45) is 3.54. The van der Waals surface area contributed by atoms with Crippen molar-refractivity contribution >= 4 is 50.4 Å². The predicted molar refractivity (Wildman–Crippen MR) is 114 cm³/mol. The molecular weight excluding hydrogens is 378 g/mol. The van der Waals surface area contributed by atoms with Gasteiger partial charge in [0.1, 0.15) is 5.82 Å². The molecule has 3 heterocycles. The van der Waals surface area contributed by atoms with Crippen molar-refractivity contribution in [3.05, 3.63) is 52.0 Å². The Hall–Kier alpha value is -2.11. The fraction of sp³-hybridized carbons (Fsp3) is 0.333. The Balaban J connectivity index is 1.44. The first-order valence-electron chi connectivity index (χ1n) is 9.19. The maximum Gasteiger partial charge on any atom is 0.227 e. The first-order chi connectivity index (χ1) is 13.0. The molecule has 6 heteroatoms. The van der Waals surface area contributed by atoms with Crippen LogP contribution < -0.4 is 10.2 Å². The first kappa shape index (κ1) is 18.3. The number of fused-ring (bicyclic) bond motifs is 1. The summed E-state index contributed by atoms with van der Waals surface area (Å²) in [5, 5.41) is 4.95. The molecule has 1 saturated heterocycles. The third-order valence-corrected chi connectivity index (χ3v) is 6.66. The molecule has 0 bridgehead atoms. The Morgan fingerprint density at radius 3 is 2.81 bits per heavy atom. The van der Waals surface area contributed by atoms with Gasteiger partial charge in [0.15, 0.2) is 0 Å². The van der Waals surface area contributed by atoms with Crippen molar-refractivity contribution in [2.75, 3.05) is 23.3 Å². The van der Waals surface area contributed by atoms with Crippen molar-refractivity contribution in [1.29, 1.82) is 0 Å². The summed E-state index contributed by atoms with van der Waals surface area (Å²) >= 11 is 7.95. The number of piperidine rings is 1. The molecule has 1 N–H and O–H groups in total. The molecule has 140 valence electrons. The molecule has 0 spiro atoms. The SMILES string of the molecule is Cc1cc2c(N3CCC(C(=O)Nc4cccc(Cl)c4C)CC3)nccc2s1. The van der Waals surface area contributed by atoms with Crippen molar-refractivity contribution in [2.45, 2.75) is 26.7 Å². The Labute approximate surface area is 168 Å². The standard InChI is InChI=1S/C21H22ClN3OS/c1-13-12-16-19(27-13)6-9-23-20(16)25-10-7-15(8-11-25)21(26)24-18-5-3-4-17(22)14(18)2/h3-6,9,12,15H,7-8,10-11H2,1-2H3,(H,24,26). The Kier molecular flexibility index (Phi) is 5.06. The zero-order valence-corrected chi connectivity index (χ0v) is 17.0. The number of aryl methyl sites for hydroxylation is 1. The van der Waals surface area contributed by atoms with E-state index in [0.29, 0.717) is 5.02 Å². The van der Waals surface area contributed by atoms with E-state index < -0.39 is 0 Å². The molecule has 1 aliphatic rings. The van der Waals surface area contributed by atoms with E-state index in [2.05, 4.69) is 34.3 Å². The van der Waals surface area contributed by atoms with Crippen LogP contribution in [0.5, 0.6) is 0 Å². The molecule has 0 atom stereocenters. The largest absolute Gasteiger partial charge is 0.356 e. The highest BCUT2D eigenvalue weighted by Gasteiger charge is 2.27. The maximum absolute atomic E-state index is 12.7. The van der Waals surface area contributed by atoms with Crippen LogP contribution in [0.2, 0.25) is 5.02 Å². The quantitative estimate of drug-likeness (QED) is 0.639. The number of nitrogens with one attached hydrogen (secondary N) is 1. The molecule has 1 aliphatic heterocycles. The molecule has 1 amide bonds. The number of benzene rings is 1. The van der Waals surface area contributed by atoms with Gasteiger partial charge < -0.3 is 10.2 Å². The van der Waals surface area contributed by atoms with Gasteiger partial charge in [0, 0.05) is 50.9 Å². The van der Waals surface area contributed by atoms with Crippen LogP contribution in [0.1, 0.15) is 23.3 Å². The fourth-order valence-corrected chi connectivity index (χ4v) is 4.75. The number of aromatic nitrogens is 1. The third-order valence-electron chi connectivity index (χ3n) is 5.24. The van der Waals surface area contributed by atoms with Crippen molar-refractivity contribution < 1.29 is 4.79 Å². The number of carbonyl (C=O) groups is 1. The lowest BCUT2D eigenvalue weighted by molar-refractivity contribution is -0.120. The average Bonchev–Trinajstić information content (AvgIpc) is 3.05. The molecule has 2 aromatic heterocycles. The molecule has 0 saturated carbocycles. The van der Waals surface area contributed by atoms with E-state index in [-0.39, 0.29) is 11.8 Å². The van der Waals surface area contributed by atoms with Crippen LogP contribution in [0.4, 0.5) is 11.5 Å². The number of hydrogen-bond donors (Lipinski definition) is 1. The summed E-state index contributed by atoms with van der Waals surface area (Å²) in [7, 11) is 0. The molecule has 0 radical (unpaired) electrons. The van der Waals surface area contributed by atoms with E-state index in [0.717, 1.165) is 43.0 Å². The minimum absolute atomic E-state index is 0.0167. The summed E-state index contributed by atoms with van der Waals surface area (Å²) in [4.78, 5) is 20.9. The molecular formula is C21H22ClN3OS. The average molecular weight is 400 g/mol. The van der Waals surface area contributed by atoms with E-state index in [1.54, 1.807) is 11.3 Å². The second-order valence-electron chi connectivity index (χ2n) is 7.07. The lowest BCUT2D eigenvalue weighted by Gasteiger charge is -2.32. The Morgan fingerprint density at radius 2 is 2.04 bits per heavy atom. The summed E-state index contributed by atoms with van der Waals surface area (Å²) < 4.78 is 1.27. The van der Waals surface area contributed by atoms with Crippen LogP contribution in [-0.2, 0) is 4.79 Å². The number of carbonyl (C=O) groups excluding carboxylic acids is 1. The molecule has 4 rings (SSSR count). The number of rotatable bonds is 3. The van der Waals surface area contributed by atoms with Crippen molar-refractivity contribution in [3.8, 4) is 0 Å². The van der Waals surface area contributed by atoms with Crippen molar-refractivity contribution in [1.82, 2.24) is 4.98 Å². The highest BCUT2D eigenvalue weighted by molar-refractivity contribution is 7.19. The Morgan fingerprint density at radius 1 is 1.26 bits per heavy atom. The second kappa shape index (κ2) is 7.49. The maximum atomic E-state index is 12.7. The minimum Gasteiger partial charge on any atom is -0.356 e. The summed E-state index contributed by atoms with van der Waals surface area (Å²) in [5.41, 5.74) is 1.71. The topological polar surface area (TPSA) is 45.2 Å². The third kappa shape index (κ3) is 3.66. The van der Waals surface area contributed by atoms with Crippen molar-refractivity contribution in [2.24, 2.45) is 5.92 Å². The number of anilines is 2. The molecule has 3 aromatic rings. The monoisotopic (exact) mass is 399 g/mol. The molecule has 0 unspecified atom stereocenters. The zero-order chi connectivity index (χ0) is 19.0. The van der Waals surface area contributed by atoms with E-state index in [1.807, 2.05) is 31.3 Å². The number of amides is 1. The number of thiophene rings is 1. The Bertz CT molecular complexity index is 992. The van der Waals surface area contributed by atoms with Gasteiger partial charge in [-0.05, 0) is 56.5 Å². The number of pyridine rings is 1. The minimum atomic E-state index is 0.0167. The highest BCUT2D eigenvalue weighted by Crippen LogP contribution is 2.33. The van der Waals surface area contributed by atoms with Gasteiger partial charge in [-0.2, -0.15) is 0 Å². The summed E-state index contributed by atoms with van der Waals surface area (Å²) in [6.45, 7) is 5.74. The smallest absolute Gasteiger partial charge is 0.227 e. The van der Waals surface area contributed by atoms with Gasteiger partial charge in [0.25, 0.3) is 0 Å². The molecule has 0 aliphatic carbocycles. The van der Waals surface area contributed by atoms with Gasteiger partial charge in [0.2, 0.25) is 5.91 Å². The van der Waals surface area contributed by atoms with Crippen LogP contribution in [0, 0.1) is 19.8 Å². The van der Waals surface area contributed by atoms with Crippen LogP contribution >= 0.6 is 22.9 Å².